The molecule has 0 aliphatic carbocycles. The van der Waals surface area contributed by atoms with Crippen molar-refractivity contribution in [3.05, 3.63) is 14.9 Å². The highest BCUT2D eigenvalue weighted by atomic mass is 79.9. The molecular weight excluding hydrogens is 242 g/mol. The highest BCUT2D eigenvalue weighted by molar-refractivity contribution is 9.10. The smallest absolute Gasteiger partial charge is 0.101 e. The molecule has 1 nitrogen and oxygen atoms in total. The number of thioether (sulfide) groups is 1. The molecule has 2 heterocycles. The first-order chi connectivity index (χ1) is 5.29. The van der Waals surface area contributed by atoms with Gasteiger partial charge in [0.25, 0.3) is 0 Å². The van der Waals surface area contributed by atoms with E-state index in [2.05, 4.69) is 15.9 Å². The van der Waals surface area contributed by atoms with Gasteiger partial charge >= 0.3 is 0 Å². The summed E-state index contributed by atoms with van der Waals surface area (Å²) in [7, 11) is 0. The van der Waals surface area contributed by atoms with Crippen LogP contribution in [0.25, 0.3) is 0 Å². The second-order valence-corrected chi connectivity index (χ2v) is 5.52. The van der Waals surface area contributed by atoms with Crippen molar-refractivity contribution >= 4 is 44.0 Å². The molecule has 2 N–H and O–H groups in total. The molecule has 0 atom stereocenters. The van der Waals surface area contributed by atoms with Crippen molar-refractivity contribution < 1.29 is 0 Å². The first kappa shape index (κ1) is 7.95. The Hall–Kier alpha value is 0.330. The zero-order valence-corrected chi connectivity index (χ0v) is 9.11. The average molecular weight is 250 g/mol. The number of aryl methyl sites for hydroxylation is 1. The summed E-state index contributed by atoms with van der Waals surface area (Å²) in [5.74, 6) is 2.38. The second kappa shape index (κ2) is 2.99. The van der Waals surface area contributed by atoms with Crippen LogP contribution in [0.1, 0.15) is 10.4 Å². The van der Waals surface area contributed by atoms with Crippen molar-refractivity contribution in [2.24, 2.45) is 0 Å². The minimum atomic E-state index is 0.942. The lowest BCUT2D eigenvalue weighted by Crippen LogP contribution is -1.97. The Morgan fingerprint density at radius 1 is 1.45 bits per heavy atom. The van der Waals surface area contributed by atoms with Crippen molar-refractivity contribution in [1.82, 2.24) is 0 Å². The van der Waals surface area contributed by atoms with E-state index < -0.39 is 0 Å². The van der Waals surface area contributed by atoms with Crippen LogP contribution < -0.4 is 5.73 Å². The number of fused-ring (bicyclic) bond motifs is 1. The van der Waals surface area contributed by atoms with E-state index in [-0.39, 0.29) is 0 Å². The lowest BCUT2D eigenvalue weighted by molar-refractivity contribution is 1.13. The zero-order valence-electron chi connectivity index (χ0n) is 5.89. The first-order valence-electron chi connectivity index (χ1n) is 3.42. The Morgan fingerprint density at radius 3 is 3.00 bits per heavy atom. The number of hydrogen-bond donors (Lipinski definition) is 1. The van der Waals surface area contributed by atoms with Gasteiger partial charge in [0.15, 0.2) is 0 Å². The van der Waals surface area contributed by atoms with Gasteiger partial charge in [-0.15, -0.1) is 11.3 Å². The van der Waals surface area contributed by atoms with Gasteiger partial charge in [0.2, 0.25) is 0 Å². The topological polar surface area (TPSA) is 26.0 Å². The lowest BCUT2D eigenvalue weighted by atomic mass is 10.2. The molecule has 0 saturated heterocycles. The quantitative estimate of drug-likeness (QED) is 0.766. The Labute approximate surface area is 82.5 Å². The molecule has 0 spiro atoms. The van der Waals surface area contributed by atoms with E-state index in [1.54, 1.807) is 11.3 Å². The van der Waals surface area contributed by atoms with Crippen molar-refractivity contribution in [1.29, 1.82) is 0 Å². The molecule has 0 radical (unpaired) electrons. The third-order valence-electron chi connectivity index (χ3n) is 1.77. The summed E-state index contributed by atoms with van der Waals surface area (Å²) >= 11 is 7.23. The van der Waals surface area contributed by atoms with E-state index in [4.69, 9.17) is 5.73 Å². The molecule has 11 heavy (non-hydrogen) atoms. The summed E-state index contributed by atoms with van der Waals surface area (Å²) in [5, 5.41) is 0.942. The Bertz CT molecular complexity index is 282. The molecule has 4 heteroatoms. The van der Waals surface area contributed by atoms with Crippen molar-refractivity contribution in [2.75, 3.05) is 11.5 Å². The minimum Gasteiger partial charge on any atom is -0.390 e. The maximum atomic E-state index is 5.78. The van der Waals surface area contributed by atoms with Crippen LogP contribution in [0.3, 0.4) is 0 Å². The summed E-state index contributed by atoms with van der Waals surface area (Å²) in [6, 6.07) is 0. The monoisotopic (exact) mass is 249 g/mol. The molecule has 1 aromatic rings. The molecule has 60 valence electrons. The molecule has 0 bridgehead atoms. The standard InChI is InChI=1S/C7H8BrNS2/c8-6-4-3-10-2-1-5(4)11-7(6)9/h1-3,9H2. The summed E-state index contributed by atoms with van der Waals surface area (Å²) in [5.41, 5.74) is 7.22. The predicted octanol–water partition coefficient (Wildman–Crippen LogP) is 2.88. The third-order valence-corrected chi connectivity index (χ3v) is 5.05. The second-order valence-electron chi connectivity index (χ2n) is 2.48. The maximum absolute atomic E-state index is 5.78. The number of nitrogen functional groups attached to an aromatic ring is 1. The molecular formula is C7H8BrNS2. The molecule has 0 saturated carbocycles. The highest BCUT2D eigenvalue weighted by Crippen LogP contribution is 2.40. The maximum Gasteiger partial charge on any atom is 0.101 e. The van der Waals surface area contributed by atoms with E-state index in [9.17, 15) is 0 Å². The van der Waals surface area contributed by atoms with Crippen molar-refractivity contribution in [3.63, 3.8) is 0 Å². The molecule has 1 aliphatic heterocycles. The number of halogens is 1. The predicted molar refractivity (Wildman–Crippen MR) is 56.3 cm³/mol. The van der Waals surface area contributed by atoms with Crippen LogP contribution in [0.4, 0.5) is 5.00 Å². The number of rotatable bonds is 0. The Balaban J connectivity index is 2.50. The normalized spacial score (nSPS) is 16.5. The lowest BCUT2D eigenvalue weighted by Gasteiger charge is -2.09. The molecule has 0 fully saturated rings. The van der Waals surface area contributed by atoms with Crippen molar-refractivity contribution in [2.45, 2.75) is 12.2 Å². The van der Waals surface area contributed by atoms with Gasteiger partial charge in [-0.1, -0.05) is 0 Å². The van der Waals surface area contributed by atoms with Gasteiger partial charge < -0.3 is 5.73 Å². The van der Waals surface area contributed by atoms with E-state index in [0.717, 1.165) is 15.2 Å². The number of nitrogens with two attached hydrogens (primary N) is 1. The van der Waals surface area contributed by atoms with Gasteiger partial charge in [-0.05, 0) is 33.7 Å². The van der Waals surface area contributed by atoms with Gasteiger partial charge in [0.1, 0.15) is 5.00 Å². The zero-order chi connectivity index (χ0) is 7.84. The molecule has 2 rings (SSSR count). The molecule has 1 aliphatic rings. The highest BCUT2D eigenvalue weighted by Gasteiger charge is 2.17. The summed E-state index contributed by atoms with van der Waals surface area (Å²) in [6.45, 7) is 0. The molecule has 1 aromatic heterocycles. The molecule has 0 aromatic carbocycles. The fourth-order valence-corrected chi connectivity index (χ4v) is 4.35. The van der Waals surface area contributed by atoms with Crippen LogP contribution in [0.5, 0.6) is 0 Å². The summed E-state index contributed by atoms with van der Waals surface area (Å²) < 4.78 is 1.14. The average Bonchev–Trinajstić information content (AvgIpc) is 2.30. The van der Waals surface area contributed by atoms with Gasteiger partial charge in [0, 0.05) is 10.6 Å². The molecule has 0 unspecified atom stereocenters. The Morgan fingerprint density at radius 2 is 2.27 bits per heavy atom. The van der Waals surface area contributed by atoms with Crippen LogP contribution in [-0.2, 0) is 12.2 Å². The first-order valence-corrected chi connectivity index (χ1v) is 6.18. The number of thiophene rings is 1. The fraction of sp³-hybridized carbons (Fsp3) is 0.429. The van der Waals surface area contributed by atoms with Crippen molar-refractivity contribution in [3.8, 4) is 0 Å². The van der Waals surface area contributed by atoms with Crippen LogP contribution in [-0.4, -0.2) is 5.75 Å². The van der Waals surface area contributed by atoms with Gasteiger partial charge in [0.05, 0.1) is 4.47 Å². The minimum absolute atomic E-state index is 0.942. The van der Waals surface area contributed by atoms with Crippen LogP contribution in [0.15, 0.2) is 4.47 Å². The number of anilines is 1. The Kier molecular flexibility index (Phi) is 2.16. The molecule has 0 amide bonds. The van der Waals surface area contributed by atoms with E-state index in [0.29, 0.717) is 0 Å². The fourth-order valence-electron chi connectivity index (χ4n) is 1.20. The largest absolute Gasteiger partial charge is 0.390 e. The summed E-state index contributed by atoms with van der Waals surface area (Å²) in [6.07, 6.45) is 1.19. The SMILES string of the molecule is Nc1sc2c(c1Br)CSCC2. The number of hydrogen-bond acceptors (Lipinski definition) is 3. The van der Waals surface area contributed by atoms with Crippen LogP contribution in [0.2, 0.25) is 0 Å². The summed E-state index contributed by atoms with van der Waals surface area (Å²) in [4.78, 5) is 1.48. The van der Waals surface area contributed by atoms with Gasteiger partial charge in [-0.2, -0.15) is 11.8 Å². The van der Waals surface area contributed by atoms with Gasteiger partial charge in [-0.25, -0.2) is 0 Å². The van der Waals surface area contributed by atoms with E-state index >= 15 is 0 Å². The van der Waals surface area contributed by atoms with E-state index in [1.165, 1.54) is 22.6 Å². The third kappa shape index (κ3) is 1.32. The van der Waals surface area contributed by atoms with Crippen LogP contribution in [0, 0.1) is 0 Å². The van der Waals surface area contributed by atoms with E-state index in [1.807, 2.05) is 11.8 Å². The van der Waals surface area contributed by atoms with Gasteiger partial charge in [-0.3, -0.25) is 0 Å². The van der Waals surface area contributed by atoms with Crippen LogP contribution >= 0.6 is 39.0 Å².